The lowest BCUT2D eigenvalue weighted by Gasteiger charge is -2.32. The van der Waals surface area contributed by atoms with E-state index >= 15 is 0 Å². The summed E-state index contributed by atoms with van der Waals surface area (Å²) >= 11 is 1.37. The van der Waals surface area contributed by atoms with Crippen LogP contribution in [0.15, 0.2) is 52.3 Å². The third-order valence-corrected chi connectivity index (χ3v) is 4.31. The van der Waals surface area contributed by atoms with Crippen LogP contribution in [0, 0.1) is 6.92 Å². The van der Waals surface area contributed by atoms with Crippen molar-refractivity contribution in [3.63, 3.8) is 0 Å². The third kappa shape index (κ3) is 2.29. The molecule has 0 bridgehead atoms. The van der Waals surface area contributed by atoms with Crippen molar-refractivity contribution >= 4 is 29.0 Å². The van der Waals surface area contributed by atoms with E-state index in [9.17, 15) is 18.0 Å². The minimum absolute atomic E-state index is 0.270. The summed E-state index contributed by atoms with van der Waals surface area (Å²) in [7, 11) is 0. The average Bonchev–Trinajstić information content (AvgIpc) is 2.43. The Bertz CT molecular complexity index is 727. The Morgan fingerprint density at radius 3 is 2.43 bits per heavy atom. The van der Waals surface area contributed by atoms with E-state index in [0.717, 1.165) is 4.90 Å². The van der Waals surface area contributed by atoms with E-state index < -0.39 is 12.1 Å². The molecule has 1 aliphatic heterocycles. The van der Waals surface area contributed by atoms with Crippen LogP contribution in [0.2, 0.25) is 0 Å². The first kappa shape index (κ1) is 14.0. The number of carbonyl (C=O) groups excluding carboxylic acids is 1. The second-order valence-corrected chi connectivity index (χ2v) is 5.71. The quantitative estimate of drug-likeness (QED) is 0.704. The molecule has 0 fully saturated rings. The maximum Gasteiger partial charge on any atom is 0.472 e. The highest BCUT2D eigenvalue weighted by molar-refractivity contribution is 7.99. The number of hydrogen-bond donors (Lipinski definition) is 0. The van der Waals surface area contributed by atoms with Gasteiger partial charge in [0.2, 0.25) is 0 Å². The van der Waals surface area contributed by atoms with Crippen LogP contribution < -0.4 is 4.90 Å². The fourth-order valence-electron chi connectivity index (χ4n) is 2.31. The van der Waals surface area contributed by atoms with Gasteiger partial charge in [0.15, 0.2) is 0 Å². The predicted molar refractivity (Wildman–Crippen MR) is 74.9 cm³/mol. The smallest absolute Gasteiger partial charge is 0.271 e. The molecule has 2 nitrogen and oxygen atoms in total. The zero-order valence-corrected chi connectivity index (χ0v) is 11.8. The number of para-hydroxylation sites is 2. The van der Waals surface area contributed by atoms with Gasteiger partial charge in [-0.25, -0.2) is 0 Å². The molecule has 3 rings (SSSR count). The van der Waals surface area contributed by atoms with Crippen LogP contribution in [0.1, 0.15) is 5.56 Å². The summed E-state index contributed by atoms with van der Waals surface area (Å²) < 4.78 is 38.9. The van der Waals surface area contributed by atoms with Gasteiger partial charge in [0.05, 0.1) is 11.4 Å². The van der Waals surface area contributed by atoms with Gasteiger partial charge in [0, 0.05) is 9.79 Å². The standard InChI is InChI=1S/C15H10F3NOS/c1-9-5-4-8-12-13(9)19(14(20)15(16,17)18)10-6-2-3-7-11(10)21-12/h2-8H,1H3. The van der Waals surface area contributed by atoms with Crippen LogP contribution >= 0.6 is 11.8 Å². The SMILES string of the molecule is Cc1cccc2c1N(C(=O)C(F)(F)F)c1ccccc1S2. The Balaban J connectivity index is 2.25. The van der Waals surface area contributed by atoms with E-state index in [2.05, 4.69) is 0 Å². The third-order valence-electron chi connectivity index (χ3n) is 3.20. The van der Waals surface area contributed by atoms with Gasteiger partial charge in [-0.1, -0.05) is 36.0 Å². The molecule has 1 aliphatic rings. The molecule has 1 heterocycles. The van der Waals surface area contributed by atoms with Crippen molar-refractivity contribution < 1.29 is 18.0 Å². The number of hydrogen-bond acceptors (Lipinski definition) is 2. The molecule has 1 amide bonds. The number of aryl methyl sites for hydroxylation is 1. The summed E-state index contributed by atoms with van der Waals surface area (Å²) in [6, 6.07) is 11.8. The molecular formula is C15H10F3NOS. The van der Waals surface area contributed by atoms with Crippen LogP contribution in [-0.2, 0) is 4.79 Å². The van der Waals surface area contributed by atoms with Crippen molar-refractivity contribution in [3.8, 4) is 0 Å². The molecule has 0 aromatic heterocycles. The Labute approximate surface area is 123 Å². The second-order valence-electron chi connectivity index (χ2n) is 4.63. The van der Waals surface area contributed by atoms with E-state index in [4.69, 9.17) is 0 Å². The number of anilines is 2. The zero-order chi connectivity index (χ0) is 15.2. The molecule has 108 valence electrons. The van der Waals surface area contributed by atoms with E-state index in [1.54, 1.807) is 43.3 Å². The Kier molecular flexibility index (Phi) is 3.20. The van der Waals surface area contributed by atoms with E-state index in [1.807, 2.05) is 0 Å². The van der Waals surface area contributed by atoms with Crippen LogP contribution in [0.3, 0.4) is 0 Å². The lowest BCUT2D eigenvalue weighted by molar-refractivity contribution is -0.169. The first-order chi connectivity index (χ1) is 9.89. The summed E-state index contributed by atoms with van der Waals surface area (Å²) in [6.07, 6.45) is -4.92. The van der Waals surface area contributed by atoms with Crippen LogP contribution in [0.5, 0.6) is 0 Å². The summed E-state index contributed by atoms with van der Waals surface area (Å²) in [5.41, 5.74) is 1.21. The van der Waals surface area contributed by atoms with Crippen molar-refractivity contribution in [2.75, 3.05) is 4.90 Å². The van der Waals surface area contributed by atoms with Crippen molar-refractivity contribution in [1.29, 1.82) is 0 Å². The van der Waals surface area contributed by atoms with Gasteiger partial charge in [-0.3, -0.25) is 9.69 Å². The number of carbonyl (C=O) groups is 1. The average molecular weight is 309 g/mol. The van der Waals surface area contributed by atoms with E-state index in [1.165, 1.54) is 17.8 Å². The summed E-state index contributed by atoms with van der Waals surface area (Å²) in [5, 5.41) is 0. The molecule has 0 radical (unpaired) electrons. The number of halogens is 3. The summed E-state index contributed by atoms with van der Waals surface area (Å²) in [6.45, 7) is 1.70. The maximum absolute atomic E-state index is 13.0. The highest BCUT2D eigenvalue weighted by Gasteiger charge is 2.46. The van der Waals surface area contributed by atoms with Crippen molar-refractivity contribution in [3.05, 3.63) is 48.0 Å². The number of rotatable bonds is 0. The number of nitrogens with zero attached hydrogens (tertiary/aromatic N) is 1. The van der Waals surface area contributed by atoms with Crippen LogP contribution in [-0.4, -0.2) is 12.1 Å². The fraction of sp³-hybridized carbons (Fsp3) is 0.133. The number of benzene rings is 2. The second kappa shape index (κ2) is 4.80. The lowest BCUT2D eigenvalue weighted by atomic mass is 10.1. The molecule has 0 aliphatic carbocycles. The summed E-state index contributed by atoms with van der Waals surface area (Å²) in [5.74, 6) is -1.87. The molecule has 0 saturated heterocycles. The Morgan fingerprint density at radius 1 is 1.05 bits per heavy atom. The molecule has 21 heavy (non-hydrogen) atoms. The van der Waals surface area contributed by atoms with E-state index in [0.29, 0.717) is 21.0 Å². The molecule has 0 saturated carbocycles. The first-order valence-corrected chi connectivity index (χ1v) is 6.99. The largest absolute Gasteiger partial charge is 0.472 e. The number of alkyl halides is 3. The van der Waals surface area contributed by atoms with Gasteiger partial charge in [-0.05, 0) is 30.7 Å². The van der Waals surface area contributed by atoms with Crippen molar-refractivity contribution in [2.45, 2.75) is 22.9 Å². The fourth-order valence-corrected chi connectivity index (χ4v) is 3.45. The van der Waals surface area contributed by atoms with Crippen molar-refractivity contribution in [2.24, 2.45) is 0 Å². The summed E-state index contributed by atoms with van der Waals surface area (Å²) in [4.78, 5) is 13.9. The molecule has 0 atom stereocenters. The molecular weight excluding hydrogens is 299 g/mol. The zero-order valence-electron chi connectivity index (χ0n) is 10.9. The Hall–Kier alpha value is -1.95. The van der Waals surface area contributed by atoms with E-state index in [-0.39, 0.29) is 5.69 Å². The number of fused-ring (bicyclic) bond motifs is 2. The van der Waals surface area contributed by atoms with Gasteiger partial charge >= 0.3 is 12.1 Å². The lowest BCUT2D eigenvalue weighted by Crippen LogP contribution is -2.39. The highest BCUT2D eigenvalue weighted by Crippen LogP contribution is 2.50. The predicted octanol–water partition coefficient (Wildman–Crippen LogP) is 4.69. The van der Waals surface area contributed by atoms with Gasteiger partial charge in [0.1, 0.15) is 0 Å². The molecule has 0 N–H and O–H groups in total. The van der Waals surface area contributed by atoms with Gasteiger partial charge in [-0.15, -0.1) is 0 Å². The Morgan fingerprint density at radius 2 is 1.71 bits per heavy atom. The molecule has 2 aromatic rings. The molecule has 0 spiro atoms. The monoisotopic (exact) mass is 309 g/mol. The molecule has 0 unspecified atom stereocenters. The topological polar surface area (TPSA) is 20.3 Å². The minimum Gasteiger partial charge on any atom is -0.271 e. The van der Waals surface area contributed by atoms with Crippen LogP contribution in [0.4, 0.5) is 24.5 Å². The maximum atomic E-state index is 13.0. The highest BCUT2D eigenvalue weighted by atomic mass is 32.2. The molecule has 6 heteroatoms. The minimum atomic E-state index is -4.92. The number of amides is 1. The van der Waals surface area contributed by atoms with Gasteiger partial charge < -0.3 is 0 Å². The van der Waals surface area contributed by atoms with Crippen molar-refractivity contribution in [1.82, 2.24) is 0 Å². The molecule has 2 aromatic carbocycles. The van der Waals surface area contributed by atoms with Crippen LogP contribution in [0.25, 0.3) is 0 Å². The first-order valence-electron chi connectivity index (χ1n) is 6.17. The van der Waals surface area contributed by atoms with Gasteiger partial charge in [-0.2, -0.15) is 13.2 Å². The van der Waals surface area contributed by atoms with Gasteiger partial charge in [0.25, 0.3) is 0 Å². The normalized spacial score (nSPS) is 13.6.